The summed E-state index contributed by atoms with van der Waals surface area (Å²) in [6, 6.07) is 0. The van der Waals surface area contributed by atoms with Crippen LogP contribution in [0.1, 0.15) is 19.3 Å². The Morgan fingerprint density at radius 3 is 2.65 bits per heavy atom. The lowest BCUT2D eigenvalue weighted by Crippen LogP contribution is -2.41. The quantitative estimate of drug-likeness (QED) is 0.249. The minimum atomic E-state index is -4.10. The fourth-order valence-corrected chi connectivity index (χ4v) is 3.01. The molecule has 9 heteroatoms. The van der Waals surface area contributed by atoms with Gasteiger partial charge >= 0.3 is 6.18 Å². The van der Waals surface area contributed by atoms with E-state index in [1.54, 1.807) is 7.05 Å². The molecule has 0 saturated carbocycles. The van der Waals surface area contributed by atoms with Crippen molar-refractivity contribution in [2.75, 3.05) is 51.8 Å². The van der Waals surface area contributed by atoms with Crippen LogP contribution in [-0.4, -0.2) is 68.8 Å². The lowest BCUT2D eigenvalue weighted by molar-refractivity contribution is -0.143. The standard InChI is InChI=1S/C14H27F3N4S.HI/c1-18-13(19-6-3-4-8-22-2)20-9-12-5-7-21(10-12)11-14(15,16)17;/h12H,3-11H2,1-2H3,(H2,18,19,20);1H. The van der Waals surface area contributed by atoms with Gasteiger partial charge in [0.1, 0.15) is 0 Å². The molecule has 0 aliphatic carbocycles. The maximum atomic E-state index is 12.3. The average Bonchev–Trinajstić information content (AvgIpc) is 2.87. The lowest BCUT2D eigenvalue weighted by atomic mass is 10.1. The highest BCUT2D eigenvalue weighted by Crippen LogP contribution is 2.22. The van der Waals surface area contributed by atoms with Gasteiger partial charge < -0.3 is 10.6 Å². The Morgan fingerprint density at radius 1 is 1.30 bits per heavy atom. The SMILES string of the molecule is CN=C(NCCCCSC)NCC1CCN(CC(F)(F)F)C1.I. The van der Waals surface area contributed by atoms with Crippen molar-refractivity contribution in [1.29, 1.82) is 0 Å². The highest BCUT2D eigenvalue weighted by atomic mass is 127. The van der Waals surface area contributed by atoms with Gasteiger partial charge in [-0.3, -0.25) is 9.89 Å². The van der Waals surface area contributed by atoms with E-state index in [0.29, 0.717) is 19.6 Å². The van der Waals surface area contributed by atoms with Crippen molar-refractivity contribution in [2.45, 2.75) is 25.4 Å². The van der Waals surface area contributed by atoms with E-state index in [-0.39, 0.29) is 29.9 Å². The molecule has 1 fully saturated rings. The fraction of sp³-hybridized carbons (Fsp3) is 0.929. The molecular formula is C14H28F3IN4S. The summed E-state index contributed by atoms with van der Waals surface area (Å²) in [4.78, 5) is 5.62. The number of hydrogen-bond acceptors (Lipinski definition) is 3. The molecule has 1 saturated heterocycles. The highest BCUT2D eigenvalue weighted by Gasteiger charge is 2.34. The van der Waals surface area contributed by atoms with Crippen LogP contribution in [-0.2, 0) is 0 Å². The molecule has 23 heavy (non-hydrogen) atoms. The van der Waals surface area contributed by atoms with Gasteiger partial charge in [-0.2, -0.15) is 24.9 Å². The Labute approximate surface area is 158 Å². The molecule has 0 aromatic rings. The minimum Gasteiger partial charge on any atom is -0.356 e. The summed E-state index contributed by atoms with van der Waals surface area (Å²) in [7, 11) is 1.71. The van der Waals surface area contributed by atoms with Crippen molar-refractivity contribution in [3.8, 4) is 0 Å². The van der Waals surface area contributed by atoms with Crippen LogP contribution in [0.15, 0.2) is 4.99 Å². The van der Waals surface area contributed by atoms with Crippen molar-refractivity contribution >= 4 is 41.7 Å². The van der Waals surface area contributed by atoms with E-state index < -0.39 is 12.7 Å². The molecule has 4 nitrogen and oxygen atoms in total. The molecule has 0 aromatic carbocycles. The number of halogens is 4. The molecular weight excluding hydrogens is 440 g/mol. The maximum absolute atomic E-state index is 12.3. The van der Waals surface area contributed by atoms with E-state index in [0.717, 1.165) is 31.1 Å². The molecule has 0 amide bonds. The Bertz CT molecular complexity index is 342. The molecule has 1 unspecified atom stereocenters. The molecule has 0 aromatic heterocycles. The zero-order chi connectivity index (χ0) is 16.4. The van der Waals surface area contributed by atoms with Crippen molar-refractivity contribution in [3.05, 3.63) is 0 Å². The largest absolute Gasteiger partial charge is 0.401 e. The van der Waals surface area contributed by atoms with E-state index in [9.17, 15) is 13.2 Å². The third-order valence-corrected chi connectivity index (χ3v) is 4.32. The number of likely N-dealkylation sites (tertiary alicyclic amines) is 1. The number of guanidine groups is 1. The Hall–Kier alpha value is 0.1000. The normalized spacial score (nSPS) is 19.5. The highest BCUT2D eigenvalue weighted by molar-refractivity contribution is 14.0. The van der Waals surface area contributed by atoms with Crippen LogP contribution < -0.4 is 10.6 Å². The predicted octanol–water partition coefficient (Wildman–Crippen LogP) is 2.80. The summed E-state index contributed by atoms with van der Waals surface area (Å²) in [5, 5.41) is 6.45. The predicted molar refractivity (Wildman–Crippen MR) is 103 cm³/mol. The first-order chi connectivity index (χ1) is 10.4. The van der Waals surface area contributed by atoms with Crippen LogP contribution in [0, 0.1) is 5.92 Å². The zero-order valence-electron chi connectivity index (χ0n) is 13.8. The summed E-state index contributed by atoms with van der Waals surface area (Å²) >= 11 is 1.84. The van der Waals surface area contributed by atoms with Crippen molar-refractivity contribution < 1.29 is 13.2 Å². The monoisotopic (exact) mass is 468 g/mol. The molecule has 0 spiro atoms. The first-order valence-corrected chi connectivity index (χ1v) is 9.06. The van der Waals surface area contributed by atoms with Gasteiger partial charge in [0, 0.05) is 26.7 Å². The molecule has 0 bridgehead atoms. The van der Waals surface area contributed by atoms with Gasteiger partial charge in [0.15, 0.2) is 5.96 Å². The van der Waals surface area contributed by atoms with Crippen molar-refractivity contribution in [3.63, 3.8) is 0 Å². The average molecular weight is 468 g/mol. The van der Waals surface area contributed by atoms with E-state index in [1.807, 2.05) is 11.8 Å². The van der Waals surface area contributed by atoms with Gasteiger partial charge in [-0.1, -0.05) is 0 Å². The second kappa shape index (κ2) is 12.5. The van der Waals surface area contributed by atoms with Crippen LogP contribution in [0.5, 0.6) is 0 Å². The number of unbranched alkanes of at least 4 members (excludes halogenated alkanes) is 1. The molecule has 1 aliphatic rings. The van der Waals surface area contributed by atoms with Gasteiger partial charge in [0.25, 0.3) is 0 Å². The zero-order valence-corrected chi connectivity index (χ0v) is 16.9. The van der Waals surface area contributed by atoms with E-state index in [1.165, 1.54) is 11.3 Å². The van der Waals surface area contributed by atoms with Crippen LogP contribution in [0.2, 0.25) is 0 Å². The summed E-state index contributed by atoms with van der Waals surface area (Å²) in [6.07, 6.45) is 1.05. The smallest absolute Gasteiger partial charge is 0.356 e. The molecule has 1 aliphatic heterocycles. The number of rotatable bonds is 8. The van der Waals surface area contributed by atoms with Crippen LogP contribution in [0.3, 0.4) is 0 Å². The molecule has 1 rings (SSSR count). The van der Waals surface area contributed by atoms with Crippen molar-refractivity contribution in [1.82, 2.24) is 15.5 Å². The van der Waals surface area contributed by atoms with Gasteiger partial charge in [0.2, 0.25) is 0 Å². The van der Waals surface area contributed by atoms with E-state index >= 15 is 0 Å². The number of nitrogens with zero attached hydrogens (tertiary/aromatic N) is 2. The van der Waals surface area contributed by atoms with Crippen LogP contribution >= 0.6 is 35.7 Å². The number of nitrogens with one attached hydrogen (secondary N) is 2. The summed E-state index contributed by atoms with van der Waals surface area (Å²) < 4.78 is 37.0. The Balaban J connectivity index is 0.00000484. The molecule has 1 atom stereocenters. The molecule has 1 heterocycles. The third-order valence-electron chi connectivity index (χ3n) is 3.62. The maximum Gasteiger partial charge on any atom is 0.401 e. The number of alkyl halides is 3. The van der Waals surface area contributed by atoms with Gasteiger partial charge in [-0.25, -0.2) is 0 Å². The Morgan fingerprint density at radius 2 is 2.04 bits per heavy atom. The van der Waals surface area contributed by atoms with Crippen LogP contribution in [0.4, 0.5) is 13.2 Å². The van der Waals surface area contributed by atoms with E-state index in [2.05, 4.69) is 21.9 Å². The van der Waals surface area contributed by atoms with Gasteiger partial charge in [-0.15, -0.1) is 24.0 Å². The van der Waals surface area contributed by atoms with Gasteiger partial charge in [0.05, 0.1) is 6.54 Å². The molecule has 2 N–H and O–H groups in total. The third kappa shape index (κ3) is 11.3. The summed E-state index contributed by atoms with van der Waals surface area (Å²) in [5.74, 6) is 2.14. The number of thioether (sulfide) groups is 1. The van der Waals surface area contributed by atoms with Crippen LogP contribution in [0.25, 0.3) is 0 Å². The first-order valence-electron chi connectivity index (χ1n) is 7.67. The Kier molecular flexibility index (Phi) is 12.5. The topological polar surface area (TPSA) is 39.7 Å². The summed E-state index contributed by atoms with van der Waals surface area (Å²) in [6.45, 7) is 1.75. The fourth-order valence-electron chi connectivity index (χ4n) is 2.52. The first kappa shape index (κ1) is 23.1. The lowest BCUT2D eigenvalue weighted by Gasteiger charge is -2.18. The number of hydrogen-bond donors (Lipinski definition) is 2. The second-order valence-corrected chi connectivity index (χ2v) is 6.57. The molecule has 0 radical (unpaired) electrons. The van der Waals surface area contributed by atoms with Crippen molar-refractivity contribution in [2.24, 2.45) is 10.9 Å². The minimum absolute atomic E-state index is 0. The molecule has 138 valence electrons. The van der Waals surface area contributed by atoms with Gasteiger partial charge in [-0.05, 0) is 43.7 Å². The number of aliphatic imine (C=N–C) groups is 1. The van der Waals surface area contributed by atoms with E-state index in [4.69, 9.17) is 0 Å². The summed E-state index contributed by atoms with van der Waals surface area (Å²) in [5.41, 5.74) is 0. The second-order valence-electron chi connectivity index (χ2n) is 5.58.